The van der Waals surface area contributed by atoms with Crippen LogP contribution in [0.5, 0.6) is 0 Å². The third-order valence-corrected chi connectivity index (χ3v) is 3.67. The summed E-state index contributed by atoms with van der Waals surface area (Å²) in [7, 11) is 2.17. The van der Waals surface area contributed by atoms with Crippen LogP contribution in [0.25, 0.3) is 10.9 Å². The molecule has 2 aromatic rings. The zero-order valence-corrected chi connectivity index (χ0v) is 11.9. The van der Waals surface area contributed by atoms with Crippen LogP contribution in [0.15, 0.2) is 30.5 Å². The van der Waals surface area contributed by atoms with Crippen molar-refractivity contribution in [1.82, 2.24) is 15.1 Å². The Morgan fingerprint density at radius 2 is 2.11 bits per heavy atom. The van der Waals surface area contributed by atoms with E-state index in [1.165, 1.54) is 6.42 Å². The van der Waals surface area contributed by atoms with Crippen LogP contribution in [0.2, 0.25) is 0 Å². The third-order valence-electron chi connectivity index (χ3n) is 3.67. The van der Waals surface area contributed by atoms with Crippen molar-refractivity contribution in [2.45, 2.75) is 26.3 Å². The number of benzene rings is 1. The van der Waals surface area contributed by atoms with Gasteiger partial charge in [-0.25, -0.2) is 0 Å². The molecule has 1 unspecified atom stereocenters. The number of nitrogens with zero attached hydrogens (tertiary/aromatic N) is 3. The lowest BCUT2D eigenvalue weighted by Gasteiger charge is -2.23. The maximum atomic E-state index is 4.13. The number of hydrogen-bond acceptors (Lipinski definition) is 4. The average molecular weight is 258 g/mol. The fraction of sp³-hybridized carbons (Fsp3) is 0.467. The number of anilines is 1. The van der Waals surface area contributed by atoms with Gasteiger partial charge in [-0.1, -0.05) is 25.1 Å². The Hall–Kier alpha value is -1.68. The maximum absolute atomic E-state index is 4.13. The zero-order chi connectivity index (χ0) is 13.7. The maximum Gasteiger partial charge on any atom is 0.0950 e. The summed E-state index contributed by atoms with van der Waals surface area (Å²) in [6, 6.07) is 8.69. The van der Waals surface area contributed by atoms with Crippen LogP contribution >= 0.6 is 0 Å². The number of nitrogens with one attached hydrogen (secondary N) is 1. The van der Waals surface area contributed by atoms with Crippen LogP contribution in [-0.4, -0.2) is 41.3 Å². The lowest BCUT2D eigenvalue weighted by atomic mass is 10.2. The molecule has 0 aliphatic rings. The molecule has 1 N–H and O–H groups in total. The first-order valence-electron chi connectivity index (χ1n) is 6.87. The average Bonchev–Trinajstić information content (AvgIpc) is 2.46. The second-order valence-electron chi connectivity index (χ2n) is 4.94. The minimum atomic E-state index is 0.620. The highest BCUT2D eigenvalue weighted by molar-refractivity contribution is 5.90. The van der Waals surface area contributed by atoms with Crippen LogP contribution < -0.4 is 5.32 Å². The predicted molar refractivity (Wildman–Crippen MR) is 80.4 cm³/mol. The van der Waals surface area contributed by atoms with Gasteiger partial charge in [-0.05, 0) is 26.5 Å². The van der Waals surface area contributed by atoms with Gasteiger partial charge in [0.15, 0.2) is 0 Å². The number of hydrogen-bond donors (Lipinski definition) is 1. The highest BCUT2D eigenvalue weighted by Gasteiger charge is 2.06. The van der Waals surface area contributed by atoms with E-state index in [9.17, 15) is 0 Å². The van der Waals surface area contributed by atoms with Crippen molar-refractivity contribution in [1.29, 1.82) is 0 Å². The van der Waals surface area contributed by atoms with E-state index in [-0.39, 0.29) is 0 Å². The second kappa shape index (κ2) is 6.48. The highest BCUT2D eigenvalue weighted by atomic mass is 15.1. The van der Waals surface area contributed by atoms with Crippen LogP contribution in [0.1, 0.15) is 20.3 Å². The van der Waals surface area contributed by atoms with Gasteiger partial charge in [0.25, 0.3) is 0 Å². The van der Waals surface area contributed by atoms with E-state index < -0.39 is 0 Å². The standard InChI is InChI=1S/C15H22N4/c1-4-12(2)19(3)10-9-16-15-11-17-18-14-8-6-5-7-13(14)15/h5-8,11-12H,4,9-10H2,1-3H3,(H,16,18). The molecule has 0 saturated carbocycles. The van der Waals surface area contributed by atoms with Crippen LogP contribution in [0, 0.1) is 0 Å². The predicted octanol–water partition coefficient (Wildman–Crippen LogP) is 2.77. The van der Waals surface area contributed by atoms with Gasteiger partial charge >= 0.3 is 0 Å². The van der Waals surface area contributed by atoms with E-state index in [0.717, 1.165) is 29.7 Å². The Bertz CT molecular complexity index is 521. The Balaban J connectivity index is 1.99. The summed E-state index contributed by atoms with van der Waals surface area (Å²) >= 11 is 0. The van der Waals surface area contributed by atoms with E-state index in [0.29, 0.717) is 6.04 Å². The molecule has 1 aromatic heterocycles. The molecule has 1 heterocycles. The van der Waals surface area contributed by atoms with Gasteiger partial charge in [-0.15, -0.1) is 0 Å². The number of fused-ring (bicyclic) bond motifs is 1. The molecule has 1 aromatic carbocycles. The summed E-state index contributed by atoms with van der Waals surface area (Å²) in [5.41, 5.74) is 1.99. The number of likely N-dealkylation sites (N-methyl/N-ethyl adjacent to an activating group) is 1. The first-order chi connectivity index (χ1) is 9.22. The Kier molecular flexibility index (Phi) is 4.68. The molecule has 0 bridgehead atoms. The van der Waals surface area contributed by atoms with E-state index in [1.54, 1.807) is 6.20 Å². The van der Waals surface area contributed by atoms with E-state index in [4.69, 9.17) is 0 Å². The molecule has 2 rings (SSSR count). The van der Waals surface area contributed by atoms with Crippen LogP contribution in [0.4, 0.5) is 5.69 Å². The van der Waals surface area contributed by atoms with Crippen molar-refractivity contribution >= 4 is 16.6 Å². The Morgan fingerprint density at radius 3 is 2.89 bits per heavy atom. The molecule has 0 spiro atoms. The summed E-state index contributed by atoms with van der Waals surface area (Å²) in [4.78, 5) is 2.36. The molecular weight excluding hydrogens is 236 g/mol. The molecule has 19 heavy (non-hydrogen) atoms. The minimum absolute atomic E-state index is 0.620. The van der Waals surface area contributed by atoms with Gasteiger partial charge in [0.2, 0.25) is 0 Å². The summed E-state index contributed by atoms with van der Waals surface area (Å²) in [6.07, 6.45) is 2.97. The van der Waals surface area contributed by atoms with Gasteiger partial charge in [-0.3, -0.25) is 0 Å². The molecule has 0 amide bonds. The summed E-state index contributed by atoms with van der Waals surface area (Å²) in [5.74, 6) is 0. The first-order valence-corrected chi connectivity index (χ1v) is 6.87. The molecule has 102 valence electrons. The molecule has 4 heteroatoms. The van der Waals surface area contributed by atoms with Crippen molar-refractivity contribution in [3.8, 4) is 0 Å². The summed E-state index contributed by atoms with van der Waals surface area (Å²) in [6.45, 7) is 6.40. The van der Waals surface area contributed by atoms with Gasteiger partial charge in [-0.2, -0.15) is 10.2 Å². The van der Waals surface area contributed by atoms with Crippen molar-refractivity contribution in [3.63, 3.8) is 0 Å². The molecule has 1 atom stereocenters. The van der Waals surface area contributed by atoms with Crippen LogP contribution in [-0.2, 0) is 0 Å². The van der Waals surface area contributed by atoms with Gasteiger partial charge in [0.1, 0.15) is 0 Å². The van der Waals surface area contributed by atoms with Crippen LogP contribution in [0.3, 0.4) is 0 Å². The largest absolute Gasteiger partial charge is 0.382 e. The minimum Gasteiger partial charge on any atom is -0.382 e. The third kappa shape index (κ3) is 3.41. The Labute approximate surface area is 114 Å². The SMILES string of the molecule is CCC(C)N(C)CCNc1cnnc2ccccc12. The van der Waals surface area contributed by atoms with Gasteiger partial charge in [0.05, 0.1) is 17.4 Å². The van der Waals surface area contributed by atoms with Crippen molar-refractivity contribution in [2.75, 3.05) is 25.5 Å². The quantitative estimate of drug-likeness (QED) is 0.865. The Morgan fingerprint density at radius 1 is 1.32 bits per heavy atom. The van der Waals surface area contributed by atoms with Gasteiger partial charge in [0, 0.05) is 24.5 Å². The highest BCUT2D eigenvalue weighted by Crippen LogP contribution is 2.19. The molecule has 0 aliphatic carbocycles. The molecule has 0 aliphatic heterocycles. The fourth-order valence-electron chi connectivity index (χ4n) is 2.05. The number of rotatable bonds is 6. The topological polar surface area (TPSA) is 41.0 Å². The lowest BCUT2D eigenvalue weighted by Crippen LogP contribution is -2.32. The zero-order valence-electron chi connectivity index (χ0n) is 11.9. The van der Waals surface area contributed by atoms with E-state index in [2.05, 4.69) is 47.4 Å². The number of aromatic nitrogens is 2. The van der Waals surface area contributed by atoms with Gasteiger partial charge < -0.3 is 10.2 Å². The molecule has 0 saturated heterocycles. The summed E-state index contributed by atoms with van der Waals surface area (Å²) < 4.78 is 0. The molecule has 0 radical (unpaired) electrons. The lowest BCUT2D eigenvalue weighted by molar-refractivity contribution is 0.261. The summed E-state index contributed by atoms with van der Waals surface area (Å²) in [5, 5.41) is 12.7. The second-order valence-corrected chi connectivity index (χ2v) is 4.94. The first kappa shape index (κ1) is 13.7. The monoisotopic (exact) mass is 258 g/mol. The molecular formula is C15H22N4. The van der Waals surface area contributed by atoms with Crippen molar-refractivity contribution in [3.05, 3.63) is 30.5 Å². The van der Waals surface area contributed by atoms with Crippen molar-refractivity contribution in [2.24, 2.45) is 0 Å². The molecule has 4 nitrogen and oxygen atoms in total. The van der Waals surface area contributed by atoms with E-state index >= 15 is 0 Å². The fourth-order valence-corrected chi connectivity index (χ4v) is 2.05. The normalized spacial score (nSPS) is 12.8. The van der Waals surface area contributed by atoms with E-state index in [1.807, 2.05) is 18.2 Å². The van der Waals surface area contributed by atoms with Crippen molar-refractivity contribution < 1.29 is 0 Å². The molecule has 0 fully saturated rings. The smallest absolute Gasteiger partial charge is 0.0950 e.